The van der Waals surface area contributed by atoms with Crippen LogP contribution < -0.4 is 19.8 Å². The maximum Gasteiger partial charge on any atom is 0.250 e. The first-order chi connectivity index (χ1) is 22.1. The number of rotatable bonds is 8. The van der Waals surface area contributed by atoms with Crippen LogP contribution in [0.3, 0.4) is 0 Å². The van der Waals surface area contributed by atoms with Gasteiger partial charge in [-0.2, -0.15) is 0 Å². The van der Waals surface area contributed by atoms with E-state index in [2.05, 4.69) is 129 Å². The highest BCUT2D eigenvalue weighted by Gasteiger charge is 2.39. The SMILES string of the molecule is Cc1cc(C)c(Nc2ccccc2O[Si](C)(C)C(C)(C)C)c(C)c1.Cc1cc(C)c(Nc2ccccc2Oc2ccccc2)c(C)c1. The largest absolute Gasteiger partial charge is 0.542 e. The molecule has 5 aromatic carbocycles. The molecule has 0 heterocycles. The summed E-state index contributed by atoms with van der Waals surface area (Å²) in [5, 5.41) is 7.32. The Morgan fingerprint density at radius 2 is 0.894 bits per heavy atom. The Hall–Kier alpha value is -4.48. The van der Waals surface area contributed by atoms with E-state index in [-0.39, 0.29) is 5.04 Å². The smallest absolute Gasteiger partial charge is 0.250 e. The fraction of sp³-hybridized carbons (Fsp3) is 0.286. The van der Waals surface area contributed by atoms with Crippen LogP contribution in [-0.2, 0) is 0 Å². The van der Waals surface area contributed by atoms with Crippen molar-refractivity contribution in [3.8, 4) is 17.2 Å². The normalized spacial score (nSPS) is 11.3. The van der Waals surface area contributed by atoms with Gasteiger partial charge in [-0.3, -0.25) is 0 Å². The van der Waals surface area contributed by atoms with Crippen LogP contribution in [0.25, 0.3) is 0 Å². The van der Waals surface area contributed by atoms with Gasteiger partial charge in [-0.05, 0) is 118 Å². The van der Waals surface area contributed by atoms with Crippen molar-refractivity contribution in [2.45, 2.75) is 80.4 Å². The van der Waals surface area contributed by atoms with E-state index in [0.29, 0.717) is 0 Å². The molecule has 0 atom stereocenters. The van der Waals surface area contributed by atoms with Crippen LogP contribution in [0, 0.1) is 41.5 Å². The van der Waals surface area contributed by atoms with E-state index in [0.717, 1.165) is 34.3 Å². The molecule has 4 nitrogen and oxygen atoms in total. The third-order valence-corrected chi connectivity index (χ3v) is 13.1. The molecule has 2 N–H and O–H groups in total. The number of hydrogen-bond acceptors (Lipinski definition) is 4. The van der Waals surface area contributed by atoms with Crippen LogP contribution in [0.15, 0.2) is 103 Å². The molecule has 5 rings (SSSR count). The Bertz CT molecular complexity index is 1760. The van der Waals surface area contributed by atoms with Gasteiger partial charge in [0.2, 0.25) is 0 Å². The van der Waals surface area contributed by atoms with Crippen LogP contribution in [0.5, 0.6) is 17.2 Å². The van der Waals surface area contributed by atoms with Crippen LogP contribution >= 0.6 is 0 Å². The number of para-hydroxylation sites is 5. The van der Waals surface area contributed by atoms with Crippen LogP contribution in [0.2, 0.25) is 18.1 Å². The minimum Gasteiger partial charge on any atom is -0.542 e. The highest BCUT2D eigenvalue weighted by atomic mass is 28.4. The highest BCUT2D eigenvalue weighted by Crippen LogP contribution is 2.40. The molecule has 5 heteroatoms. The maximum atomic E-state index is 6.55. The average molecular weight is 645 g/mol. The molecule has 0 bridgehead atoms. The Morgan fingerprint density at radius 3 is 1.34 bits per heavy atom. The average Bonchev–Trinajstić information content (AvgIpc) is 2.98. The predicted octanol–water partition coefficient (Wildman–Crippen LogP) is 12.9. The zero-order chi connectivity index (χ0) is 34.4. The van der Waals surface area contributed by atoms with Gasteiger partial charge in [0.1, 0.15) is 11.5 Å². The van der Waals surface area contributed by atoms with Gasteiger partial charge < -0.3 is 19.8 Å². The first-order valence-corrected chi connectivity index (χ1v) is 19.3. The first kappa shape index (κ1) is 35.4. The molecule has 0 radical (unpaired) electrons. The molecule has 0 fully saturated rings. The summed E-state index contributed by atoms with van der Waals surface area (Å²) in [6.45, 7) is 24.2. The van der Waals surface area contributed by atoms with Crippen molar-refractivity contribution in [3.05, 3.63) is 137 Å². The van der Waals surface area contributed by atoms with E-state index in [9.17, 15) is 0 Å². The van der Waals surface area contributed by atoms with Crippen LogP contribution in [0.1, 0.15) is 54.2 Å². The molecule has 47 heavy (non-hydrogen) atoms. The Morgan fingerprint density at radius 1 is 0.511 bits per heavy atom. The van der Waals surface area contributed by atoms with Crippen molar-refractivity contribution in [1.82, 2.24) is 0 Å². The van der Waals surface area contributed by atoms with Crippen molar-refractivity contribution in [1.29, 1.82) is 0 Å². The number of nitrogens with one attached hydrogen (secondary N) is 2. The van der Waals surface area contributed by atoms with Crippen molar-refractivity contribution >= 4 is 31.1 Å². The molecule has 0 aromatic heterocycles. The zero-order valence-electron chi connectivity index (χ0n) is 30.1. The third-order valence-electron chi connectivity index (χ3n) is 8.79. The van der Waals surface area contributed by atoms with E-state index in [1.165, 1.54) is 39.1 Å². The molecule has 0 aliphatic carbocycles. The molecule has 246 valence electrons. The second-order valence-electron chi connectivity index (χ2n) is 14.1. The standard InChI is InChI=1S/C21H31NOSi.C21H21NO/c1-15-13-16(2)20(17(3)14-15)22-18-11-9-10-12-19(18)23-24(7,8)21(4,5)6;1-15-13-16(2)21(17(3)14-15)22-19-11-7-8-12-20(19)23-18-9-5-4-6-10-18/h9-14,22H,1-8H3;4-14,22H,1-3H3. The molecule has 0 spiro atoms. The van der Waals surface area contributed by atoms with Gasteiger partial charge in [0.05, 0.1) is 11.4 Å². The number of benzene rings is 5. The summed E-state index contributed by atoms with van der Waals surface area (Å²) in [6.07, 6.45) is 0. The van der Waals surface area contributed by atoms with Gasteiger partial charge in [0, 0.05) is 11.4 Å². The molecule has 0 saturated carbocycles. The Kier molecular flexibility index (Phi) is 11.3. The maximum absolute atomic E-state index is 6.55. The zero-order valence-corrected chi connectivity index (χ0v) is 31.1. The molecule has 0 aliphatic rings. The van der Waals surface area contributed by atoms with Gasteiger partial charge in [0.15, 0.2) is 5.75 Å². The first-order valence-electron chi connectivity index (χ1n) is 16.4. The molecule has 0 saturated heterocycles. The fourth-order valence-electron chi connectivity index (χ4n) is 5.39. The van der Waals surface area contributed by atoms with E-state index >= 15 is 0 Å². The molecular formula is C42H52N2O2Si. The lowest BCUT2D eigenvalue weighted by atomic mass is 10.0. The summed E-state index contributed by atoms with van der Waals surface area (Å²) in [5.41, 5.74) is 11.9. The van der Waals surface area contributed by atoms with Gasteiger partial charge in [-0.1, -0.05) is 98.6 Å². The molecule has 0 unspecified atom stereocenters. The van der Waals surface area contributed by atoms with Crippen molar-refractivity contribution < 1.29 is 9.16 Å². The molecular weight excluding hydrogens is 593 g/mol. The lowest BCUT2D eigenvalue weighted by Gasteiger charge is -2.37. The van der Waals surface area contributed by atoms with Gasteiger partial charge in [-0.25, -0.2) is 0 Å². The summed E-state index contributed by atoms with van der Waals surface area (Å²) in [7, 11) is -1.87. The second-order valence-corrected chi connectivity index (χ2v) is 18.8. The number of anilines is 4. The minimum absolute atomic E-state index is 0.176. The van der Waals surface area contributed by atoms with Gasteiger partial charge in [0.25, 0.3) is 8.32 Å². The number of aryl methyl sites for hydroxylation is 6. The molecule has 0 aliphatic heterocycles. The van der Waals surface area contributed by atoms with Gasteiger partial charge >= 0.3 is 0 Å². The Balaban J connectivity index is 0.000000213. The highest BCUT2D eigenvalue weighted by molar-refractivity contribution is 6.74. The van der Waals surface area contributed by atoms with E-state index in [1.807, 2.05) is 60.7 Å². The van der Waals surface area contributed by atoms with Crippen molar-refractivity contribution in [3.63, 3.8) is 0 Å². The van der Waals surface area contributed by atoms with Crippen LogP contribution in [-0.4, -0.2) is 8.32 Å². The quantitative estimate of drug-likeness (QED) is 0.165. The second kappa shape index (κ2) is 15.0. The predicted molar refractivity (Wildman–Crippen MR) is 205 cm³/mol. The Labute approximate surface area is 284 Å². The van der Waals surface area contributed by atoms with Crippen molar-refractivity contribution in [2.24, 2.45) is 0 Å². The topological polar surface area (TPSA) is 42.5 Å². The minimum atomic E-state index is -1.87. The van der Waals surface area contributed by atoms with E-state index < -0.39 is 8.32 Å². The number of hydrogen-bond donors (Lipinski definition) is 2. The van der Waals surface area contributed by atoms with Gasteiger partial charge in [-0.15, -0.1) is 0 Å². The third kappa shape index (κ3) is 9.29. The monoisotopic (exact) mass is 644 g/mol. The van der Waals surface area contributed by atoms with E-state index in [1.54, 1.807) is 0 Å². The lowest BCUT2D eigenvalue weighted by molar-refractivity contribution is 0.485. The summed E-state index contributed by atoms with van der Waals surface area (Å²) < 4.78 is 12.6. The summed E-state index contributed by atoms with van der Waals surface area (Å²) in [5.74, 6) is 2.60. The molecule has 5 aromatic rings. The summed E-state index contributed by atoms with van der Waals surface area (Å²) in [6, 6.07) is 34.9. The summed E-state index contributed by atoms with van der Waals surface area (Å²) >= 11 is 0. The molecule has 0 amide bonds. The van der Waals surface area contributed by atoms with E-state index in [4.69, 9.17) is 9.16 Å². The van der Waals surface area contributed by atoms with Crippen LogP contribution in [0.4, 0.5) is 22.7 Å². The lowest BCUT2D eigenvalue weighted by Crippen LogP contribution is -2.44. The number of ether oxygens (including phenoxy) is 1. The van der Waals surface area contributed by atoms with Crippen molar-refractivity contribution in [2.75, 3.05) is 10.6 Å². The summed E-state index contributed by atoms with van der Waals surface area (Å²) in [4.78, 5) is 0. The fourth-order valence-corrected chi connectivity index (χ4v) is 6.42.